The molecule has 22 heavy (non-hydrogen) atoms. The number of halogens is 2. The molecule has 0 bridgehead atoms. The zero-order valence-corrected chi connectivity index (χ0v) is 13.2. The number of carbonyl (C=O) groups excluding carboxylic acids is 1. The highest BCUT2D eigenvalue weighted by Gasteiger charge is 2.35. The van der Waals surface area contributed by atoms with Gasteiger partial charge < -0.3 is 5.32 Å². The molecule has 1 fully saturated rings. The number of hydrogen-bond acceptors (Lipinski definition) is 1. The third-order valence-corrected chi connectivity index (χ3v) is 5.08. The molecule has 1 atom stereocenters. The van der Waals surface area contributed by atoms with E-state index in [0.29, 0.717) is 16.5 Å². The molecule has 2 aliphatic rings. The lowest BCUT2D eigenvalue weighted by Gasteiger charge is -2.24. The van der Waals surface area contributed by atoms with Crippen molar-refractivity contribution in [2.75, 3.05) is 0 Å². The van der Waals surface area contributed by atoms with Gasteiger partial charge in [-0.2, -0.15) is 0 Å². The highest BCUT2D eigenvalue weighted by Crippen LogP contribution is 2.47. The molecular weight excluding hydrogens is 317 g/mol. The van der Waals surface area contributed by atoms with Crippen LogP contribution < -0.4 is 5.32 Å². The fourth-order valence-electron chi connectivity index (χ4n) is 3.39. The fourth-order valence-corrected chi connectivity index (χ4v) is 3.69. The number of fused-ring (bicyclic) bond motifs is 3. The molecule has 2 aromatic rings. The van der Waals surface area contributed by atoms with E-state index in [0.717, 1.165) is 17.5 Å². The first-order valence-corrected chi connectivity index (χ1v) is 7.98. The maximum atomic E-state index is 11.8. The topological polar surface area (TPSA) is 29.1 Å². The molecule has 1 N–H and O–H groups in total. The minimum absolute atomic E-state index is 0.0121. The Labute approximate surface area is 138 Å². The number of nitrogens with one attached hydrogen (secondary N) is 1. The molecule has 1 aliphatic carbocycles. The van der Waals surface area contributed by atoms with Gasteiger partial charge in [-0.3, -0.25) is 4.79 Å². The van der Waals surface area contributed by atoms with Crippen molar-refractivity contribution in [3.05, 3.63) is 74.8 Å². The molecule has 1 saturated heterocycles. The lowest BCUT2D eigenvalue weighted by atomic mass is 9.93. The molecule has 0 aromatic heterocycles. The fraction of sp³-hybridized carbons (Fsp3) is 0.167. The summed E-state index contributed by atoms with van der Waals surface area (Å²) in [5.41, 5.74) is 5.82. The standard InChI is InChI=1S/C18H13Cl2NO/c19-14-7-5-10(9-15(14)20)17-11-3-1-2-4-12(11)18-13(17)6-8-16(22)21-18/h1-5,7,9,18H,6,8H2,(H,21,22). The van der Waals surface area contributed by atoms with Crippen LogP contribution in [0.2, 0.25) is 10.0 Å². The maximum Gasteiger partial charge on any atom is 0.221 e. The van der Waals surface area contributed by atoms with Crippen LogP contribution in [-0.2, 0) is 4.79 Å². The highest BCUT2D eigenvalue weighted by atomic mass is 35.5. The number of piperidine rings is 1. The van der Waals surface area contributed by atoms with Crippen molar-refractivity contribution in [1.82, 2.24) is 5.32 Å². The molecule has 1 amide bonds. The molecule has 0 radical (unpaired) electrons. The van der Waals surface area contributed by atoms with Gasteiger partial charge in [0, 0.05) is 6.42 Å². The molecule has 2 aromatic carbocycles. The van der Waals surface area contributed by atoms with Crippen LogP contribution in [0.4, 0.5) is 0 Å². The van der Waals surface area contributed by atoms with Gasteiger partial charge in [0.25, 0.3) is 0 Å². The van der Waals surface area contributed by atoms with Gasteiger partial charge in [0.2, 0.25) is 5.91 Å². The molecular formula is C18H13Cl2NO. The zero-order chi connectivity index (χ0) is 15.3. The Balaban J connectivity index is 1.93. The summed E-state index contributed by atoms with van der Waals surface area (Å²) in [4.78, 5) is 11.8. The summed E-state index contributed by atoms with van der Waals surface area (Å²) in [6.07, 6.45) is 1.31. The van der Waals surface area contributed by atoms with E-state index in [9.17, 15) is 4.79 Å². The van der Waals surface area contributed by atoms with Crippen molar-refractivity contribution in [3.8, 4) is 0 Å². The summed E-state index contributed by atoms with van der Waals surface area (Å²) in [6.45, 7) is 0. The largest absolute Gasteiger partial charge is 0.345 e. The molecule has 0 saturated carbocycles. The second-order valence-electron chi connectivity index (χ2n) is 5.62. The van der Waals surface area contributed by atoms with Crippen molar-refractivity contribution >= 4 is 34.7 Å². The molecule has 1 heterocycles. The first-order chi connectivity index (χ1) is 10.6. The average Bonchev–Trinajstić information content (AvgIpc) is 2.84. The number of amides is 1. The van der Waals surface area contributed by atoms with Crippen LogP contribution in [0, 0.1) is 0 Å². The predicted molar refractivity (Wildman–Crippen MR) is 89.0 cm³/mol. The van der Waals surface area contributed by atoms with Gasteiger partial charge in [0.05, 0.1) is 16.1 Å². The SMILES string of the molecule is O=C1CCC2=C(c3ccc(Cl)c(Cl)c3)c3ccccc3C2N1. The summed E-state index contributed by atoms with van der Waals surface area (Å²) in [5, 5.41) is 4.21. The smallest absolute Gasteiger partial charge is 0.221 e. The Morgan fingerprint density at radius 1 is 1.00 bits per heavy atom. The lowest BCUT2D eigenvalue weighted by molar-refractivity contribution is -0.122. The van der Waals surface area contributed by atoms with Gasteiger partial charge >= 0.3 is 0 Å². The second kappa shape index (κ2) is 5.15. The van der Waals surface area contributed by atoms with Crippen molar-refractivity contribution in [1.29, 1.82) is 0 Å². The highest BCUT2D eigenvalue weighted by molar-refractivity contribution is 6.42. The Morgan fingerprint density at radius 3 is 2.64 bits per heavy atom. The number of carbonyl (C=O) groups is 1. The van der Waals surface area contributed by atoms with Crippen LogP contribution in [0.3, 0.4) is 0 Å². The molecule has 4 rings (SSSR count). The number of rotatable bonds is 1. The summed E-state index contributed by atoms with van der Waals surface area (Å²) in [7, 11) is 0. The van der Waals surface area contributed by atoms with E-state index in [2.05, 4.69) is 17.4 Å². The van der Waals surface area contributed by atoms with Gasteiger partial charge in [-0.1, -0.05) is 53.5 Å². The Kier molecular flexibility index (Phi) is 3.24. The summed E-state index contributed by atoms with van der Waals surface area (Å²) < 4.78 is 0. The third-order valence-electron chi connectivity index (χ3n) is 4.35. The van der Waals surface area contributed by atoms with Crippen LogP contribution in [0.15, 0.2) is 48.0 Å². The normalized spacial score (nSPS) is 19.7. The first kappa shape index (κ1) is 13.9. The Morgan fingerprint density at radius 2 is 1.82 bits per heavy atom. The minimum Gasteiger partial charge on any atom is -0.345 e. The van der Waals surface area contributed by atoms with E-state index < -0.39 is 0 Å². The first-order valence-electron chi connectivity index (χ1n) is 7.22. The summed E-state index contributed by atoms with van der Waals surface area (Å²) in [6, 6.07) is 13.9. The minimum atomic E-state index is -0.0121. The number of benzene rings is 2. The Bertz CT molecular complexity index is 826. The van der Waals surface area contributed by atoms with Crippen LogP contribution >= 0.6 is 23.2 Å². The van der Waals surface area contributed by atoms with Crippen LogP contribution in [0.5, 0.6) is 0 Å². The van der Waals surface area contributed by atoms with E-state index in [1.165, 1.54) is 16.7 Å². The maximum absolute atomic E-state index is 11.8. The van der Waals surface area contributed by atoms with Crippen molar-refractivity contribution in [2.45, 2.75) is 18.9 Å². The molecule has 2 nitrogen and oxygen atoms in total. The van der Waals surface area contributed by atoms with E-state index in [-0.39, 0.29) is 11.9 Å². The quantitative estimate of drug-likeness (QED) is 0.802. The van der Waals surface area contributed by atoms with E-state index in [4.69, 9.17) is 23.2 Å². The monoisotopic (exact) mass is 329 g/mol. The van der Waals surface area contributed by atoms with Crippen LogP contribution in [-0.4, -0.2) is 5.91 Å². The second-order valence-corrected chi connectivity index (χ2v) is 6.43. The molecule has 110 valence electrons. The number of hydrogen-bond donors (Lipinski definition) is 1. The van der Waals surface area contributed by atoms with Crippen LogP contribution in [0.25, 0.3) is 5.57 Å². The van der Waals surface area contributed by atoms with Crippen molar-refractivity contribution in [3.63, 3.8) is 0 Å². The average molecular weight is 330 g/mol. The van der Waals surface area contributed by atoms with Gasteiger partial charge in [-0.15, -0.1) is 0 Å². The molecule has 4 heteroatoms. The lowest BCUT2D eigenvalue weighted by Crippen LogP contribution is -2.32. The van der Waals surface area contributed by atoms with Crippen LogP contribution in [0.1, 0.15) is 35.6 Å². The molecule has 0 spiro atoms. The van der Waals surface area contributed by atoms with Gasteiger partial charge in [-0.25, -0.2) is 0 Å². The van der Waals surface area contributed by atoms with Gasteiger partial charge in [0.1, 0.15) is 0 Å². The van der Waals surface area contributed by atoms with E-state index in [1.54, 1.807) is 0 Å². The summed E-state index contributed by atoms with van der Waals surface area (Å²) >= 11 is 12.2. The van der Waals surface area contributed by atoms with Gasteiger partial charge in [-0.05, 0) is 46.4 Å². The predicted octanol–water partition coefficient (Wildman–Crippen LogP) is 4.76. The van der Waals surface area contributed by atoms with E-state index in [1.807, 2.05) is 30.3 Å². The third kappa shape index (κ3) is 2.06. The zero-order valence-electron chi connectivity index (χ0n) is 11.7. The molecule has 1 aliphatic heterocycles. The van der Waals surface area contributed by atoms with E-state index >= 15 is 0 Å². The van der Waals surface area contributed by atoms with Crippen molar-refractivity contribution < 1.29 is 4.79 Å². The van der Waals surface area contributed by atoms with Crippen molar-refractivity contribution in [2.24, 2.45) is 0 Å². The summed E-state index contributed by atoms with van der Waals surface area (Å²) in [5.74, 6) is 0.110. The molecule has 1 unspecified atom stereocenters. The van der Waals surface area contributed by atoms with Gasteiger partial charge in [0.15, 0.2) is 0 Å². The Hall–Kier alpha value is -1.77.